The van der Waals surface area contributed by atoms with E-state index in [-0.39, 0.29) is 11.9 Å². The van der Waals surface area contributed by atoms with E-state index in [1.165, 1.54) is 16.7 Å². The van der Waals surface area contributed by atoms with E-state index in [0.29, 0.717) is 18.5 Å². The molecule has 3 amide bonds. The fourth-order valence-electron chi connectivity index (χ4n) is 1.49. The van der Waals surface area contributed by atoms with Gasteiger partial charge in [0.05, 0.1) is 5.88 Å². The van der Waals surface area contributed by atoms with Gasteiger partial charge in [0.15, 0.2) is 0 Å². The number of thioether (sulfide) groups is 1. The van der Waals surface area contributed by atoms with E-state index in [1.54, 1.807) is 4.90 Å². The molecule has 72 valence electrons. The van der Waals surface area contributed by atoms with Crippen LogP contribution in [-0.2, 0) is 4.79 Å². The lowest BCUT2D eigenvalue weighted by atomic mass is 10.5. The van der Waals surface area contributed by atoms with Gasteiger partial charge in [-0.25, -0.2) is 4.79 Å². The quantitative estimate of drug-likeness (QED) is 0.631. The van der Waals surface area contributed by atoms with Gasteiger partial charge in [-0.15, -0.1) is 11.8 Å². The number of urea groups is 1. The van der Waals surface area contributed by atoms with Gasteiger partial charge in [0, 0.05) is 6.04 Å². The van der Waals surface area contributed by atoms with Crippen LogP contribution < -0.4 is 0 Å². The minimum atomic E-state index is -0.0955. The van der Waals surface area contributed by atoms with Crippen molar-refractivity contribution in [1.82, 2.24) is 9.80 Å². The Hall–Kier alpha value is -0.710. The van der Waals surface area contributed by atoms with E-state index in [2.05, 4.69) is 0 Å². The SMILES string of the molecule is CSCN1C(=O)CN(C2CC2)C1=O. The maximum Gasteiger partial charge on any atom is 0.328 e. The fourth-order valence-corrected chi connectivity index (χ4v) is 2.00. The van der Waals surface area contributed by atoms with Crippen molar-refractivity contribution in [2.45, 2.75) is 18.9 Å². The lowest BCUT2D eigenvalue weighted by Crippen LogP contribution is -2.33. The molecule has 5 heteroatoms. The van der Waals surface area contributed by atoms with Crippen LogP contribution in [0.1, 0.15) is 12.8 Å². The summed E-state index contributed by atoms with van der Waals surface area (Å²) in [4.78, 5) is 26.0. The molecule has 1 heterocycles. The normalized spacial score (nSPS) is 23.2. The number of imide groups is 1. The lowest BCUT2D eigenvalue weighted by molar-refractivity contribution is -0.124. The van der Waals surface area contributed by atoms with Crippen LogP contribution in [0.5, 0.6) is 0 Å². The highest BCUT2D eigenvalue weighted by molar-refractivity contribution is 7.98. The van der Waals surface area contributed by atoms with Crippen LogP contribution in [0.2, 0.25) is 0 Å². The third-order valence-electron chi connectivity index (χ3n) is 2.33. The van der Waals surface area contributed by atoms with Crippen LogP contribution in [0.15, 0.2) is 0 Å². The van der Waals surface area contributed by atoms with Crippen molar-refractivity contribution in [2.24, 2.45) is 0 Å². The Bertz CT molecular complexity index is 253. The van der Waals surface area contributed by atoms with Crippen LogP contribution in [0, 0.1) is 0 Å². The first-order valence-corrected chi connectivity index (χ1v) is 5.73. The zero-order valence-corrected chi connectivity index (χ0v) is 8.34. The molecule has 1 saturated heterocycles. The molecule has 0 atom stereocenters. The molecule has 1 saturated carbocycles. The zero-order valence-electron chi connectivity index (χ0n) is 7.52. The number of carbonyl (C=O) groups is 2. The second kappa shape index (κ2) is 3.21. The highest BCUT2D eigenvalue weighted by Gasteiger charge is 2.43. The number of amides is 3. The molecule has 0 aromatic carbocycles. The molecule has 2 aliphatic rings. The minimum absolute atomic E-state index is 0.0498. The largest absolute Gasteiger partial charge is 0.328 e. The molecular weight excluding hydrogens is 188 g/mol. The van der Waals surface area contributed by atoms with E-state index >= 15 is 0 Å². The third-order valence-corrected chi connectivity index (χ3v) is 2.85. The van der Waals surface area contributed by atoms with Gasteiger partial charge in [-0.05, 0) is 19.1 Å². The van der Waals surface area contributed by atoms with Gasteiger partial charge in [-0.2, -0.15) is 0 Å². The summed E-state index contributed by atoms with van der Waals surface area (Å²) < 4.78 is 0. The molecule has 13 heavy (non-hydrogen) atoms. The molecule has 0 unspecified atom stereocenters. The molecule has 2 fully saturated rings. The molecule has 0 radical (unpaired) electrons. The van der Waals surface area contributed by atoms with E-state index in [1.807, 2.05) is 6.26 Å². The summed E-state index contributed by atoms with van der Waals surface area (Å²) in [5.41, 5.74) is 0. The van der Waals surface area contributed by atoms with Gasteiger partial charge in [0.2, 0.25) is 0 Å². The zero-order chi connectivity index (χ0) is 9.42. The van der Waals surface area contributed by atoms with Crippen LogP contribution in [0.3, 0.4) is 0 Å². The van der Waals surface area contributed by atoms with Crippen molar-refractivity contribution in [1.29, 1.82) is 0 Å². The first kappa shape index (κ1) is 8.87. The highest BCUT2D eigenvalue weighted by Crippen LogP contribution is 2.30. The van der Waals surface area contributed by atoms with Crippen molar-refractivity contribution in [2.75, 3.05) is 18.7 Å². The maximum absolute atomic E-state index is 11.6. The topological polar surface area (TPSA) is 40.6 Å². The Balaban J connectivity index is 2.04. The van der Waals surface area contributed by atoms with Crippen LogP contribution >= 0.6 is 11.8 Å². The second-order valence-corrected chi connectivity index (χ2v) is 4.22. The molecule has 1 aliphatic heterocycles. The highest BCUT2D eigenvalue weighted by atomic mass is 32.2. The summed E-state index contributed by atoms with van der Waals surface area (Å²) in [5, 5.41) is 0. The van der Waals surface area contributed by atoms with Crippen molar-refractivity contribution in [3.63, 3.8) is 0 Å². The summed E-state index contributed by atoms with van der Waals surface area (Å²) >= 11 is 1.50. The van der Waals surface area contributed by atoms with Crippen molar-refractivity contribution >= 4 is 23.7 Å². The molecule has 1 aliphatic carbocycles. The Kier molecular flexibility index (Phi) is 2.19. The molecule has 4 nitrogen and oxygen atoms in total. The van der Waals surface area contributed by atoms with Gasteiger partial charge in [-0.3, -0.25) is 9.69 Å². The van der Waals surface area contributed by atoms with Gasteiger partial charge < -0.3 is 4.90 Å². The van der Waals surface area contributed by atoms with Crippen molar-refractivity contribution in [3.8, 4) is 0 Å². The Morgan fingerprint density at radius 1 is 1.46 bits per heavy atom. The van der Waals surface area contributed by atoms with E-state index in [9.17, 15) is 9.59 Å². The lowest BCUT2D eigenvalue weighted by Gasteiger charge is -2.14. The number of carbonyl (C=O) groups excluding carboxylic acids is 2. The molecule has 0 aromatic rings. The molecule has 2 rings (SSSR count). The first-order chi connectivity index (χ1) is 6.24. The summed E-state index contributed by atoms with van der Waals surface area (Å²) in [7, 11) is 0. The number of rotatable bonds is 3. The van der Waals surface area contributed by atoms with Gasteiger partial charge in [0.1, 0.15) is 6.54 Å². The summed E-state index contributed by atoms with van der Waals surface area (Å²) in [6.45, 7) is 0.296. The summed E-state index contributed by atoms with van der Waals surface area (Å²) in [6.07, 6.45) is 4.01. The van der Waals surface area contributed by atoms with E-state index in [0.717, 1.165) is 12.8 Å². The number of nitrogens with zero attached hydrogens (tertiary/aromatic N) is 2. The average Bonchev–Trinajstić information content (AvgIpc) is 2.88. The molecule has 0 bridgehead atoms. The predicted octanol–water partition coefficient (Wildman–Crippen LogP) is 0.734. The van der Waals surface area contributed by atoms with Gasteiger partial charge in [-0.1, -0.05) is 0 Å². The number of hydrogen-bond donors (Lipinski definition) is 0. The average molecular weight is 200 g/mol. The molecular formula is C8H12N2O2S. The summed E-state index contributed by atoms with van der Waals surface area (Å²) in [6, 6.07) is 0.255. The smallest absolute Gasteiger partial charge is 0.312 e. The second-order valence-electron chi connectivity index (χ2n) is 3.38. The Labute approximate surface area is 81.2 Å². The molecule has 0 N–H and O–H groups in total. The first-order valence-electron chi connectivity index (χ1n) is 4.34. The van der Waals surface area contributed by atoms with E-state index < -0.39 is 0 Å². The van der Waals surface area contributed by atoms with Crippen LogP contribution in [0.4, 0.5) is 4.79 Å². The number of hydrogen-bond acceptors (Lipinski definition) is 3. The monoisotopic (exact) mass is 200 g/mol. The molecule has 0 aromatic heterocycles. The van der Waals surface area contributed by atoms with Gasteiger partial charge >= 0.3 is 6.03 Å². The Morgan fingerprint density at radius 2 is 2.15 bits per heavy atom. The van der Waals surface area contributed by atoms with Crippen LogP contribution in [-0.4, -0.2) is 46.5 Å². The van der Waals surface area contributed by atoms with E-state index in [4.69, 9.17) is 0 Å². The predicted molar refractivity (Wildman–Crippen MR) is 50.4 cm³/mol. The van der Waals surface area contributed by atoms with Gasteiger partial charge in [0.25, 0.3) is 5.91 Å². The molecule has 0 spiro atoms. The van der Waals surface area contributed by atoms with Crippen LogP contribution in [0.25, 0.3) is 0 Å². The van der Waals surface area contributed by atoms with Crippen molar-refractivity contribution < 1.29 is 9.59 Å². The standard InChI is InChI=1S/C8H12N2O2S/c1-13-5-10-7(11)4-9(8(10)12)6-2-3-6/h6H,2-5H2,1H3. The third kappa shape index (κ3) is 1.52. The van der Waals surface area contributed by atoms with Crippen molar-refractivity contribution in [3.05, 3.63) is 0 Å². The fraction of sp³-hybridized carbons (Fsp3) is 0.750. The minimum Gasteiger partial charge on any atom is -0.312 e. The Morgan fingerprint density at radius 3 is 2.69 bits per heavy atom. The maximum atomic E-state index is 11.6. The summed E-state index contributed by atoms with van der Waals surface area (Å²) in [5.74, 6) is 0.437.